The standard InChI is InChI=1S/C19H29N3O4.HI/c1-20-19(21-12-11-17(23)25-3)22-13-14-7-6-10-16(24-2)18(14)26-15-8-4-5-9-15;/h6-7,10,15H,4-5,8-9,11-13H2,1-3H3,(H2,20,21,22);1H. The number of carbonyl (C=O) groups is 1. The number of hydrogen-bond acceptors (Lipinski definition) is 5. The molecule has 0 radical (unpaired) electrons. The first-order valence-electron chi connectivity index (χ1n) is 9.01. The molecule has 7 nitrogen and oxygen atoms in total. The van der Waals surface area contributed by atoms with E-state index in [1.807, 2.05) is 18.2 Å². The van der Waals surface area contributed by atoms with Gasteiger partial charge in [-0.2, -0.15) is 0 Å². The molecule has 0 amide bonds. The number of carbonyl (C=O) groups excluding carboxylic acids is 1. The lowest BCUT2D eigenvalue weighted by Gasteiger charge is -2.20. The maximum atomic E-state index is 11.2. The molecule has 1 aromatic rings. The van der Waals surface area contributed by atoms with Crippen LogP contribution in [0.1, 0.15) is 37.7 Å². The van der Waals surface area contributed by atoms with Gasteiger partial charge in [-0.1, -0.05) is 12.1 Å². The number of esters is 1. The first kappa shape index (κ1) is 23.3. The Labute approximate surface area is 178 Å². The van der Waals surface area contributed by atoms with Gasteiger partial charge in [0.05, 0.1) is 26.7 Å². The van der Waals surface area contributed by atoms with Gasteiger partial charge >= 0.3 is 5.97 Å². The SMILES string of the molecule is CN=C(NCCC(=O)OC)NCc1cccc(OC)c1OC1CCCC1.I. The van der Waals surface area contributed by atoms with Crippen LogP contribution in [0.5, 0.6) is 11.5 Å². The largest absolute Gasteiger partial charge is 0.493 e. The zero-order chi connectivity index (χ0) is 18.8. The highest BCUT2D eigenvalue weighted by molar-refractivity contribution is 14.0. The van der Waals surface area contributed by atoms with Crippen LogP contribution in [0.2, 0.25) is 0 Å². The molecule has 2 N–H and O–H groups in total. The van der Waals surface area contributed by atoms with E-state index in [9.17, 15) is 4.79 Å². The Balaban J connectivity index is 0.00000364. The van der Waals surface area contributed by atoms with Crippen LogP contribution in [0.25, 0.3) is 0 Å². The van der Waals surface area contributed by atoms with E-state index in [0.717, 1.165) is 29.9 Å². The average Bonchev–Trinajstić information content (AvgIpc) is 3.18. The van der Waals surface area contributed by atoms with Crippen molar-refractivity contribution in [3.05, 3.63) is 23.8 Å². The monoisotopic (exact) mass is 491 g/mol. The van der Waals surface area contributed by atoms with Gasteiger partial charge in [0.15, 0.2) is 17.5 Å². The fourth-order valence-corrected chi connectivity index (χ4v) is 2.95. The highest BCUT2D eigenvalue weighted by Crippen LogP contribution is 2.34. The number of rotatable bonds is 8. The van der Waals surface area contributed by atoms with E-state index in [2.05, 4.69) is 20.4 Å². The normalized spacial score (nSPS) is 14.3. The van der Waals surface area contributed by atoms with E-state index < -0.39 is 0 Å². The predicted molar refractivity (Wildman–Crippen MR) is 116 cm³/mol. The minimum Gasteiger partial charge on any atom is -0.493 e. The number of nitrogens with zero attached hydrogens (tertiary/aromatic N) is 1. The minimum atomic E-state index is -0.256. The molecule has 0 spiro atoms. The van der Waals surface area contributed by atoms with E-state index in [0.29, 0.717) is 19.0 Å². The summed E-state index contributed by atoms with van der Waals surface area (Å²) in [6.45, 7) is 0.993. The van der Waals surface area contributed by atoms with Gasteiger partial charge in [-0.3, -0.25) is 9.79 Å². The van der Waals surface area contributed by atoms with Crippen molar-refractivity contribution in [2.24, 2.45) is 4.99 Å². The van der Waals surface area contributed by atoms with Gasteiger partial charge in [-0.25, -0.2) is 0 Å². The van der Waals surface area contributed by atoms with Crippen LogP contribution in [0, 0.1) is 0 Å². The highest BCUT2D eigenvalue weighted by atomic mass is 127. The summed E-state index contributed by atoms with van der Waals surface area (Å²) < 4.78 is 16.3. The number of methoxy groups -OCH3 is 2. The van der Waals surface area contributed by atoms with Crippen LogP contribution in [-0.2, 0) is 16.1 Å². The molecule has 0 saturated heterocycles. The second kappa shape index (κ2) is 12.6. The van der Waals surface area contributed by atoms with Crippen molar-refractivity contribution in [1.82, 2.24) is 10.6 Å². The van der Waals surface area contributed by atoms with Crippen molar-refractivity contribution in [1.29, 1.82) is 0 Å². The molecule has 0 aromatic heterocycles. The molecule has 1 fully saturated rings. The molecular formula is C19H30IN3O4. The second-order valence-electron chi connectivity index (χ2n) is 6.15. The van der Waals surface area contributed by atoms with E-state index in [4.69, 9.17) is 9.47 Å². The maximum absolute atomic E-state index is 11.2. The van der Waals surface area contributed by atoms with Crippen molar-refractivity contribution in [3.8, 4) is 11.5 Å². The second-order valence-corrected chi connectivity index (χ2v) is 6.15. The Bertz CT molecular complexity index is 619. The summed E-state index contributed by atoms with van der Waals surface area (Å²) in [7, 11) is 4.72. The van der Waals surface area contributed by atoms with Crippen molar-refractivity contribution >= 4 is 35.9 Å². The molecule has 0 bridgehead atoms. The molecule has 1 aromatic carbocycles. The van der Waals surface area contributed by atoms with Gasteiger partial charge in [0.1, 0.15) is 0 Å². The van der Waals surface area contributed by atoms with Crippen molar-refractivity contribution < 1.29 is 19.0 Å². The highest BCUT2D eigenvalue weighted by Gasteiger charge is 2.20. The van der Waals surface area contributed by atoms with E-state index in [-0.39, 0.29) is 42.5 Å². The summed E-state index contributed by atoms with van der Waals surface area (Å²) in [5.41, 5.74) is 1.01. The lowest BCUT2D eigenvalue weighted by atomic mass is 10.1. The molecule has 1 aliphatic rings. The molecule has 1 saturated carbocycles. The fraction of sp³-hybridized carbons (Fsp3) is 0.579. The first-order valence-corrected chi connectivity index (χ1v) is 9.01. The lowest BCUT2D eigenvalue weighted by Crippen LogP contribution is -2.38. The van der Waals surface area contributed by atoms with Crippen molar-refractivity contribution in [2.75, 3.05) is 27.8 Å². The number of para-hydroxylation sites is 1. The average molecular weight is 491 g/mol. The fourth-order valence-electron chi connectivity index (χ4n) is 2.95. The Kier molecular flexibility index (Phi) is 10.9. The Morgan fingerprint density at radius 1 is 1.22 bits per heavy atom. The summed E-state index contributed by atoms with van der Waals surface area (Å²) in [6.07, 6.45) is 5.13. The van der Waals surface area contributed by atoms with E-state index in [1.54, 1.807) is 14.2 Å². The number of halogens is 1. The number of guanidine groups is 1. The predicted octanol–water partition coefficient (Wildman–Crippen LogP) is 2.86. The zero-order valence-electron chi connectivity index (χ0n) is 16.2. The van der Waals surface area contributed by atoms with Gasteiger partial charge in [0.25, 0.3) is 0 Å². The Hall–Kier alpha value is -1.71. The van der Waals surface area contributed by atoms with E-state index >= 15 is 0 Å². The van der Waals surface area contributed by atoms with Crippen LogP contribution in [0.3, 0.4) is 0 Å². The third-order valence-electron chi connectivity index (χ3n) is 4.39. The number of hydrogen-bond donors (Lipinski definition) is 2. The summed E-state index contributed by atoms with van der Waals surface area (Å²) >= 11 is 0. The molecule has 1 aliphatic carbocycles. The lowest BCUT2D eigenvalue weighted by molar-refractivity contribution is -0.140. The quantitative estimate of drug-likeness (QED) is 0.252. The molecule has 27 heavy (non-hydrogen) atoms. The topological polar surface area (TPSA) is 81.2 Å². The van der Waals surface area contributed by atoms with Crippen LogP contribution >= 0.6 is 24.0 Å². The van der Waals surface area contributed by atoms with Crippen LogP contribution < -0.4 is 20.1 Å². The maximum Gasteiger partial charge on any atom is 0.307 e. The molecule has 0 heterocycles. The smallest absolute Gasteiger partial charge is 0.307 e. The van der Waals surface area contributed by atoms with E-state index in [1.165, 1.54) is 20.0 Å². The third kappa shape index (κ3) is 7.43. The molecule has 2 rings (SSSR count). The Morgan fingerprint density at radius 2 is 1.96 bits per heavy atom. The number of nitrogens with one attached hydrogen (secondary N) is 2. The first-order chi connectivity index (χ1) is 12.7. The van der Waals surface area contributed by atoms with Gasteiger partial charge in [0.2, 0.25) is 0 Å². The van der Waals surface area contributed by atoms with Crippen LogP contribution in [-0.4, -0.2) is 45.8 Å². The van der Waals surface area contributed by atoms with Gasteiger partial charge < -0.3 is 24.8 Å². The zero-order valence-corrected chi connectivity index (χ0v) is 18.6. The number of ether oxygens (including phenoxy) is 3. The number of aliphatic imine (C=N–C) groups is 1. The summed E-state index contributed by atoms with van der Waals surface area (Å²) in [5, 5.41) is 6.34. The van der Waals surface area contributed by atoms with Gasteiger partial charge in [-0.05, 0) is 31.7 Å². The molecule has 0 unspecified atom stereocenters. The van der Waals surface area contributed by atoms with Crippen molar-refractivity contribution in [2.45, 2.75) is 44.8 Å². The summed E-state index contributed by atoms with van der Waals surface area (Å²) in [4.78, 5) is 15.4. The summed E-state index contributed by atoms with van der Waals surface area (Å²) in [6, 6.07) is 5.88. The van der Waals surface area contributed by atoms with Gasteiger partial charge in [0, 0.05) is 25.7 Å². The Morgan fingerprint density at radius 3 is 2.59 bits per heavy atom. The van der Waals surface area contributed by atoms with Crippen LogP contribution in [0.15, 0.2) is 23.2 Å². The third-order valence-corrected chi connectivity index (χ3v) is 4.39. The minimum absolute atomic E-state index is 0. The molecule has 0 aliphatic heterocycles. The molecule has 0 atom stereocenters. The summed E-state index contributed by atoms with van der Waals surface area (Å²) in [5.74, 6) is 1.89. The van der Waals surface area contributed by atoms with Crippen molar-refractivity contribution in [3.63, 3.8) is 0 Å². The molecular weight excluding hydrogens is 461 g/mol. The van der Waals surface area contributed by atoms with Crippen LogP contribution in [0.4, 0.5) is 0 Å². The number of benzene rings is 1. The van der Waals surface area contributed by atoms with Gasteiger partial charge in [-0.15, -0.1) is 24.0 Å². The molecule has 152 valence electrons. The molecule has 8 heteroatoms.